The molecule has 2 bridgehead atoms. The summed E-state index contributed by atoms with van der Waals surface area (Å²) in [6.07, 6.45) is 5.05. The molecule has 2 fully saturated rings. The summed E-state index contributed by atoms with van der Waals surface area (Å²) < 4.78 is 10.8. The van der Waals surface area contributed by atoms with E-state index >= 15 is 0 Å². The molecule has 2 heterocycles. The van der Waals surface area contributed by atoms with Gasteiger partial charge in [-0.25, -0.2) is 0 Å². The Morgan fingerprint density at radius 3 is 2.76 bits per heavy atom. The Balaban J connectivity index is 1.82. The molecule has 112 valence electrons. The number of fused-ring (bicyclic) bond motifs is 2. The van der Waals surface area contributed by atoms with Crippen molar-refractivity contribution in [1.29, 1.82) is 0 Å². The van der Waals surface area contributed by atoms with Crippen molar-refractivity contribution in [2.24, 2.45) is 0 Å². The lowest BCUT2D eigenvalue weighted by Crippen LogP contribution is -2.42. The molecule has 0 amide bonds. The molecule has 2 aliphatic heterocycles. The van der Waals surface area contributed by atoms with Gasteiger partial charge >= 0.3 is 5.97 Å². The summed E-state index contributed by atoms with van der Waals surface area (Å²) in [7, 11) is 1.67. The van der Waals surface area contributed by atoms with Gasteiger partial charge in [0.1, 0.15) is 11.4 Å². The van der Waals surface area contributed by atoms with Crippen LogP contribution < -0.4 is 4.74 Å². The number of ether oxygens (including phenoxy) is 2. The summed E-state index contributed by atoms with van der Waals surface area (Å²) in [5, 5.41) is 0. The normalized spacial score (nSPS) is 26.0. The zero-order valence-electron chi connectivity index (χ0n) is 12.6. The number of hydrogen-bond acceptors (Lipinski definition) is 4. The summed E-state index contributed by atoms with van der Waals surface area (Å²) in [6.45, 7) is 3.37. The molecule has 4 nitrogen and oxygen atoms in total. The van der Waals surface area contributed by atoms with E-state index in [0.29, 0.717) is 0 Å². The molecular formula is C17H21NO3. The first-order chi connectivity index (χ1) is 10.1. The van der Waals surface area contributed by atoms with E-state index in [9.17, 15) is 4.79 Å². The zero-order chi connectivity index (χ0) is 14.9. The number of carbonyl (C=O) groups is 1. The standard InChI is InChI=1S/C17H21NO3/c1-13(19)21-17-8-3-9-18(12-17)15(11-17)10-14-4-6-16(20-2)7-5-14/h4-7,10H,3,8-9,11-12H2,1-2H3/b15-10+. The Labute approximate surface area is 125 Å². The number of nitrogens with zero attached hydrogens (tertiary/aromatic N) is 1. The van der Waals surface area contributed by atoms with Crippen LogP contribution in [0.25, 0.3) is 6.08 Å². The van der Waals surface area contributed by atoms with Gasteiger partial charge in [-0.3, -0.25) is 4.79 Å². The predicted molar refractivity (Wildman–Crippen MR) is 80.9 cm³/mol. The second-order valence-electron chi connectivity index (χ2n) is 5.89. The molecule has 1 aromatic carbocycles. The van der Waals surface area contributed by atoms with Gasteiger partial charge < -0.3 is 14.4 Å². The van der Waals surface area contributed by atoms with Crippen molar-refractivity contribution in [3.05, 3.63) is 35.5 Å². The topological polar surface area (TPSA) is 38.8 Å². The number of carbonyl (C=O) groups excluding carboxylic acids is 1. The van der Waals surface area contributed by atoms with E-state index in [1.54, 1.807) is 7.11 Å². The fourth-order valence-electron chi connectivity index (χ4n) is 3.39. The van der Waals surface area contributed by atoms with Crippen molar-refractivity contribution < 1.29 is 14.3 Å². The molecule has 1 unspecified atom stereocenters. The average Bonchev–Trinajstić information content (AvgIpc) is 2.69. The van der Waals surface area contributed by atoms with Gasteiger partial charge in [-0.05, 0) is 36.6 Å². The van der Waals surface area contributed by atoms with E-state index in [4.69, 9.17) is 9.47 Å². The largest absolute Gasteiger partial charge is 0.497 e. The maximum Gasteiger partial charge on any atom is 0.303 e. The number of piperidine rings is 1. The van der Waals surface area contributed by atoms with Gasteiger partial charge in [0.05, 0.1) is 13.7 Å². The Kier molecular flexibility index (Phi) is 3.62. The summed E-state index contributed by atoms with van der Waals surface area (Å²) in [6, 6.07) is 8.02. The van der Waals surface area contributed by atoms with Crippen LogP contribution in [0.5, 0.6) is 5.75 Å². The Hall–Kier alpha value is -1.97. The Morgan fingerprint density at radius 1 is 1.33 bits per heavy atom. The van der Waals surface area contributed by atoms with Crippen molar-refractivity contribution in [2.45, 2.75) is 31.8 Å². The van der Waals surface area contributed by atoms with Crippen LogP contribution in [0, 0.1) is 0 Å². The first-order valence-electron chi connectivity index (χ1n) is 7.39. The molecule has 3 rings (SSSR count). The Bertz CT molecular complexity index is 564. The van der Waals surface area contributed by atoms with Gasteiger partial charge in [-0.1, -0.05) is 12.1 Å². The monoisotopic (exact) mass is 287 g/mol. The molecule has 0 spiro atoms. The van der Waals surface area contributed by atoms with Crippen LogP contribution >= 0.6 is 0 Å². The van der Waals surface area contributed by atoms with Crippen molar-refractivity contribution in [3.8, 4) is 5.75 Å². The van der Waals surface area contributed by atoms with E-state index in [1.165, 1.54) is 12.6 Å². The van der Waals surface area contributed by atoms with Crippen LogP contribution in [-0.2, 0) is 9.53 Å². The minimum absolute atomic E-state index is 0.178. The minimum Gasteiger partial charge on any atom is -0.497 e. The molecule has 0 radical (unpaired) electrons. The van der Waals surface area contributed by atoms with Crippen molar-refractivity contribution in [2.75, 3.05) is 20.2 Å². The van der Waals surface area contributed by atoms with Crippen LogP contribution in [0.4, 0.5) is 0 Å². The van der Waals surface area contributed by atoms with Gasteiger partial charge in [0, 0.05) is 25.6 Å². The summed E-state index contributed by atoms with van der Waals surface area (Å²) in [5.74, 6) is 0.682. The molecule has 4 heteroatoms. The SMILES string of the molecule is COc1ccc(/C=C2\CC3(OC(C)=O)CCCN2C3)cc1. The van der Waals surface area contributed by atoms with E-state index in [1.807, 2.05) is 24.3 Å². The lowest BCUT2D eigenvalue weighted by Gasteiger charge is -2.33. The van der Waals surface area contributed by atoms with Crippen LogP contribution in [0.1, 0.15) is 31.7 Å². The highest BCUT2D eigenvalue weighted by atomic mass is 16.6. The highest BCUT2D eigenvalue weighted by Crippen LogP contribution is 2.41. The number of rotatable bonds is 3. The highest BCUT2D eigenvalue weighted by Gasteiger charge is 2.45. The lowest BCUT2D eigenvalue weighted by atomic mass is 9.94. The molecule has 21 heavy (non-hydrogen) atoms. The van der Waals surface area contributed by atoms with Crippen molar-refractivity contribution >= 4 is 12.0 Å². The highest BCUT2D eigenvalue weighted by molar-refractivity contribution is 5.67. The van der Waals surface area contributed by atoms with Gasteiger partial charge in [0.25, 0.3) is 0 Å². The zero-order valence-corrected chi connectivity index (χ0v) is 12.6. The molecule has 0 aromatic heterocycles. The van der Waals surface area contributed by atoms with E-state index in [-0.39, 0.29) is 11.6 Å². The summed E-state index contributed by atoms with van der Waals surface area (Å²) in [5.41, 5.74) is 2.11. The third kappa shape index (κ3) is 2.89. The smallest absolute Gasteiger partial charge is 0.303 e. The molecular weight excluding hydrogens is 266 g/mol. The second-order valence-corrected chi connectivity index (χ2v) is 5.89. The number of methoxy groups -OCH3 is 1. The molecule has 0 aliphatic carbocycles. The quantitative estimate of drug-likeness (QED) is 0.801. The van der Waals surface area contributed by atoms with Crippen LogP contribution in [0.3, 0.4) is 0 Å². The molecule has 2 saturated heterocycles. The maximum absolute atomic E-state index is 11.4. The van der Waals surface area contributed by atoms with Crippen LogP contribution in [-0.4, -0.2) is 36.7 Å². The van der Waals surface area contributed by atoms with Gasteiger partial charge in [0.15, 0.2) is 0 Å². The molecule has 0 saturated carbocycles. The predicted octanol–water partition coefficient (Wildman–Crippen LogP) is 2.84. The lowest BCUT2D eigenvalue weighted by molar-refractivity contribution is -0.157. The van der Waals surface area contributed by atoms with Crippen LogP contribution in [0.15, 0.2) is 30.0 Å². The molecule has 1 atom stereocenters. The van der Waals surface area contributed by atoms with Gasteiger partial charge in [-0.2, -0.15) is 0 Å². The minimum atomic E-state index is -0.303. The van der Waals surface area contributed by atoms with E-state index in [2.05, 4.69) is 11.0 Å². The van der Waals surface area contributed by atoms with Crippen LogP contribution in [0.2, 0.25) is 0 Å². The first-order valence-corrected chi connectivity index (χ1v) is 7.39. The maximum atomic E-state index is 11.4. The number of esters is 1. The van der Waals surface area contributed by atoms with Gasteiger partial charge in [0.2, 0.25) is 0 Å². The molecule has 0 N–H and O–H groups in total. The van der Waals surface area contributed by atoms with Gasteiger partial charge in [-0.15, -0.1) is 0 Å². The third-order valence-electron chi connectivity index (χ3n) is 4.26. The van der Waals surface area contributed by atoms with Crippen molar-refractivity contribution in [3.63, 3.8) is 0 Å². The average molecular weight is 287 g/mol. The fraction of sp³-hybridized carbons (Fsp3) is 0.471. The first kappa shape index (κ1) is 14.0. The van der Waals surface area contributed by atoms with E-state index in [0.717, 1.165) is 43.7 Å². The molecule has 2 aliphatic rings. The summed E-state index contributed by atoms with van der Waals surface area (Å²) >= 11 is 0. The molecule has 1 aromatic rings. The van der Waals surface area contributed by atoms with Crippen molar-refractivity contribution in [1.82, 2.24) is 4.90 Å². The third-order valence-corrected chi connectivity index (χ3v) is 4.26. The Morgan fingerprint density at radius 2 is 2.10 bits per heavy atom. The van der Waals surface area contributed by atoms with E-state index < -0.39 is 0 Å². The summed E-state index contributed by atoms with van der Waals surface area (Å²) in [4.78, 5) is 13.7. The fourth-order valence-corrected chi connectivity index (χ4v) is 3.39. The number of benzene rings is 1. The number of hydrogen-bond donors (Lipinski definition) is 0. The second kappa shape index (κ2) is 5.43.